The number of para-hydroxylation sites is 1. The molecule has 0 spiro atoms. The first kappa shape index (κ1) is 52.3. The average Bonchev–Trinajstić information content (AvgIpc) is 1.62. The van der Waals surface area contributed by atoms with Crippen LogP contribution in [0.3, 0.4) is 0 Å². The normalized spacial score (nSPS) is 14.2. The van der Waals surface area contributed by atoms with Crippen molar-refractivity contribution in [2.45, 2.75) is 46.5 Å². The minimum absolute atomic E-state index is 0.0310. The van der Waals surface area contributed by atoms with Crippen LogP contribution in [0.25, 0.3) is 106 Å². The second kappa shape index (κ2) is 20.9. The van der Waals surface area contributed by atoms with Crippen molar-refractivity contribution in [3.05, 3.63) is 275 Å². The lowest BCUT2D eigenvalue weighted by molar-refractivity contribution is 0.661. The maximum absolute atomic E-state index is 10.1. The molecule has 1 aliphatic heterocycles. The summed E-state index contributed by atoms with van der Waals surface area (Å²) in [5, 5.41) is 22.2. The van der Waals surface area contributed by atoms with Crippen molar-refractivity contribution in [1.82, 2.24) is 24.1 Å². The van der Waals surface area contributed by atoms with Gasteiger partial charge in [-0.15, -0.1) is 0 Å². The first-order chi connectivity index (χ1) is 41.5. The highest BCUT2D eigenvalue weighted by molar-refractivity contribution is 6.13. The third kappa shape index (κ3) is 8.81. The standard InChI is InChI=1S/C77H58N8/c1-7-49-37-57(50-23-12-8-13-24-50)40-66(51-25-14-9-15-26-51)80-74(49)59-41-60(75-81-67(52-27-16-10-17-28-52)44-68(82-75)53-29-18-11-19-30-53)48(3)73(47(59)2)56-32-22-31-54(38-56)55-35-36-64-61(39-55)62-42-63-58-33-20-21-34-70(58)85(71(63)43-65(62)77(64,4)5)76-83-69(45-78)72(46-79)84(76)6/h8-44,49H,7H2,1-6H3. The van der Waals surface area contributed by atoms with E-state index in [0.717, 1.165) is 123 Å². The van der Waals surface area contributed by atoms with Crippen LogP contribution in [0.15, 0.2) is 229 Å². The van der Waals surface area contributed by atoms with Crippen molar-refractivity contribution >= 4 is 38.8 Å². The van der Waals surface area contributed by atoms with Crippen molar-refractivity contribution in [2.24, 2.45) is 18.0 Å². The summed E-state index contributed by atoms with van der Waals surface area (Å²) in [7, 11) is 1.80. The van der Waals surface area contributed by atoms with Gasteiger partial charge in [-0.3, -0.25) is 9.56 Å². The quantitative estimate of drug-likeness (QED) is 0.136. The van der Waals surface area contributed by atoms with Gasteiger partial charge in [-0.2, -0.15) is 15.5 Å². The van der Waals surface area contributed by atoms with Crippen LogP contribution in [0, 0.1) is 42.4 Å². The summed E-state index contributed by atoms with van der Waals surface area (Å²) < 4.78 is 3.83. The number of nitrogens with zero attached hydrogens (tertiary/aromatic N) is 8. The Bertz CT molecular complexity index is 4810. The van der Waals surface area contributed by atoms with Gasteiger partial charge < -0.3 is 4.57 Å². The molecule has 406 valence electrons. The van der Waals surface area contributed by atoms with Gasteiger partial charge in [-0.25, -0.2) is 9.97 Å². The zero-order valence-corrected chi connectivity index (χ0v) is 48.2. The van der Waals surface area contributed by atoms with Crippen LogP contribution in [0.2, 0.25) is 0 Å². The number of hydrogen-bond donors (Lipinski definition) is 0. The van der Waals surface area contributed by atoms with Gasteiger partial charge in [0.1, 0.15) is 12.1 Å². The average molecular weight is 1100 g/mol. The lowest BCUT2D eigenvalue weighted by Gasteiger charge is -2.23. The Morgan fingerprint density at radius 3 is 1.74 bits per heavy atom. The monoisotopic (exact) mass is 1090 g/mol. The Hall–Kier alpha value is -10.8. The van der Waals surface area contributed by atoms with Gasteiger partial charge in [-0.1, -0.05) is 197 Å². The zero-order chi connectivity index (χ0) is 58.1. The first-order valence-electron chi connectivity index (χ1n) is 29.0. The van der Waals surface area contributed by atoms with Crippen molar-refractivity contribution < 1.29 is 0 Å². The van der Waals surface area contributed by atoms with Crippen LogP contribution in [0.1, 0.15) is 77.5 Å². The highest BCUT2D eigenvalue weighted by Crippen LogP contribution is 2.52. The van der Waals surface area contributed by atoms with E-state index in [1.807, 2.05) is 18.2 Å². The largest absolute Gasteiger partial charge is 0.303 e. The maximum atomic E-state index is 10.1. The molecule has 0 saturated carbocycles. The molecule has 8 heteroatoms. The molecule has 1 atom stereocenters. The number of hydrogen-bond acceptors (Lipinski definition) is 6. The number of fused-ring (bicyclic) bond motifs is 6. The molecular formula is C77H58N8. The van der Waals surface area contributed by atoms with Gasteiger partial charge >= 0.3 is 0 Å². The van der Waals surface area contributed by atoms with E-state index in [0.29, 0.717) is 11.8 Å². The summed E-state index contributed by atoms with van der Waals surface area (Å²) in [5.41, 5.74) is 24.4. The molecular weight excluding hydrogens is 1040 g/mol. The Morgan fingerprint density at radius 1 is 0.506 bits per heavy atom. The number of aliphatic imine (C=N–C) groups is 1. The molecule has 85 heavy (non-hydrogen) atoms. The Kier molecular flexibility index (Phi) is 12.8. The second-order valence-corrected chi connectivity index (χ2v) is 22.8. The fourth-order valence-electron chi connectivity index (χ4n) is 13.2. The number of benzene rings is 9. The topological polar surface area (TPSA) is 108 Å². The van der Waals surface area contributed by atoms with Crippen molar-refractivity contribution in [3.63, 3.8) is 0 Å². The summed E-state index contributed by atoms with van der Waals surface area (Å²) >= 11 is 0. The Morgan fingerprint density at radius 2 is 1.09 bits per heavy atom. The van der Waals surface area contributed by atoms with Crippen LogP contribution >= 0.6 is 0 Å². The molecule has 0 saturated heterocycles. The molecule has 0 fully saturated rings. The number of rotatable bonds is 10. The van der Waals surface area contributed by atoms with E-state index in [-0.39, 0.29) is 22.7 Å². The molecule has 2 aliphatic rings. The third-order valence-electron chi connectivity index (χ3n) is 17.5. The van der Waals surface area contributed by atoms with Crippen LogP contribution < -0.4 is 0 Å². The van der Waals surface area contributed by atoms with E-state index < -0.39 is 0 Å². The van der Waals surface area contributed by atoms with E-state index in [1.54, 1.807) is 11.6 Å². The highest BCUT2D eigenvalue weighted by atomic mass is 15.2. The maximum Gasteiger partial charge on any atom is 0.216 e. The number of imidazole rings is 1. The second-order valence-electron chi connectivity index (χ2n) is 22.8. The van der Waals surface area contributed by atoms with Crippen molar-refractivity contribution in [1.29, 1.82) is 10.5 Å². The van der Waals surface area contributed by atoms with Crippen LogP contribution in [-0.4, -0.2) is 29.8 Å². The van der Waals surface area contributed by atoms with Gasteiger partial charge in [0.25, 0.3) is 0 Å². The lowest BCUT2D eigenvalue weighted by atomic mass is 9.81. The number of nitriles is 2. The lowest BCUT2D eigenvalue weighted by Crippen LogP contribution is -2.16. The summed E-state index contributed by atoms with van der Waals surface area (Å²) in [4.78, 5) is 21.5. The van der Waals surface area contributed by atoms with Crippen LogP contribution in [0.4, 0.5) is 0 Å². The first-order valence-corrected chi connectivity index (χ1v) is 29.0. The predicted octanol–water partition coefficient (Wildman–Crippen LogP) is 18.3. The Balaban J connectivity index is 0.962. The van der Waals surface area contributed by atoms with E-state index >= 15 is 0 Å². The SMILES string of the molecule is CCC1C=C(c2ccccc2)C=C(c2ccccc2)N=C1c1cc(-c2nc(-c3ccccc3)cc(-c3ccccc3)n2)c(C)c(-c2cccc(-c3ccc4c(c3)-c3cc5c6ccccc6n(-c6nc(C#N)c(C#N)n6C)c5cc3C4(C)C)c2)c1C. The summed E-state index contributed by atoms with van der Waals surface area (Å²) in [6.07, 6.45) is 5.50. The molecule has 0 bridgehead atoms. The molecule has 8 nitrogen and oxygen atoms in total. The summed E-state index contributed by atoms with van der Waals surface area (Å²) in [6.45, 7) is 11.4. The molecule has 14 rings (SSSR count). The van der Waals surface area contributed by atoms with Crippen LogP contribution in [-0.2, 0) is 12.5 Å². The zero-order valence-electron chi connectivity index (χ0n) is 48.2. The summed E-state index contributed by atoms with van der Waals surface area (Å²) in [6, 6.07) is 79.7. The van der Waals surface area contributed by atoms with Gasteiger partial charge in [-0.05, 0) is 136 Å². The fraction of sp³-hybridized carbons (Fsp3) is 0.117. The molecule has 12 aromatic rings. The summed E-state index contributed by atoms with van der Waals surface area (Å²) in [5.74, 6) is 1.14. The molecule has 1 aliphatic carbocycles. The minimum atomic E-state index is -0.340. The van der Waals surface area contributed by atoms with E-state index in [1.165, 1.54) is 22.3 Å². The predicted molar refractivity (Wildman–Crippen MR) is 346 cm³/mol. The van der Waals surface area contributed by atoms with E-state index in [2.05, 4.69) is 258 Å². The third-order valence-corrected chi connectivity index (χ3v) is 17.5. The van der Waals surface area contributed by atoms with E-state index in [9.17, 15) is 10.5 Å². The number of aromatic nitrogens is 5. The fourth-order valence-corrected chi connectivity index (χ4v) is 13.2. The molecule has 0 N–H and O–H groups in total. The molecule has 0 radical (unpaired) electrons. The molecule has 1 unspecified atom stereocenters. The van der Waals surface area contributed by atoms with Crippen molar-refractivity contribution in [2.75, 3.05) is 0 Å². The van der Waals surface area contributed by atoms with Gasteiger partial charge in [0.2, 0.25) is 5.95 Å². The van der Waals surface area contributed by atoms with Crippen molar-refractivity contribution in [3.8, 4) is 85.4 Å². The van der Waals surface area contributed by atoms with Gasteiger partial charge in [0, 0.05) is 57.0 Å². The molecule has 3 aromatic heterocycles. The van der Waals surface area contributed by atoms with E-state index in [4.69, 9.17) is 19.9 Å². The van der Waals surface area contributed by atoms with Gasteiger partial charge in [0.05, 0.1) is 33.8 Å². The molecule has 0 amide bonds. The molecule has 4 heterocycles. The minimum Gasteiger partial charge on any atom is -0.303 e. The number of allylic oxidation sites excluding steroid dienone is 3. The highest BCUT2D eigenvalue weighted by Gasteiger charge is 2.37. The van der Waals surface area contributed by atoms with Crippen LogP contribution in [0.5, 0.6) is 0 Å². The molecule has 9 aromatic carbocycles. The Labute approximate surface area is 495 Å². The van der Waals surface area contributed by atoms with Gasteiger partial charge in [0.15, 0.2) is 17.2 Å². The smallest absolute Gasteiger partial charge is 0.216 e.